The summed E-state index contributed by atoms with van der Waals surface area (Å²) >= 11 is 5.98. The largest absolute Gasteiger partial charge is 0.436 e. The first-order valence-electron chi connectivity index (χ1n) is 10.4. The van der Waals surface area contributed by atoms with Crippen LogP contribution in [0.1, 0.15) is 17.5 Å². The summed E-state index contributed by atoms with van der Waals surface area (Å²) in [5, 5.41) is 6.92. The van der Waals surface area contributed by atoms with E-state index < -0.39 is 17.5 Å². The molecule has 1 atom stereocenters. The summed E-state index contributed by atoms with van der Waals surface area (Å²) in [6.45, 7) is 2.17. The lowest BCUT2D eigenvalue weighted by Crippen LogP contribution is -2.44. The second kappa shape index (κ2) is 7.77. The lowest BCUT2D eigenvalue weighted by atomic mass is 9.89. The number of aryl methyl sites for hydroxylation is 1. The van der Waals surface area contributed by atoms with Crippen molar-refractivity contribution in [3.63, 3.8) is 0 Å². The van der Waals surface area contributed by atoms with Crippen molar-refractivity contribution in [2.24, 2.45) is 0 Å². The number of aromatic nitrogens is 2. The Hall–Kier alpha value is -3.59. The number of amides is 2. The minimum absolute atomic E-state index is 0.00927. The molecule has 2 aromatic carbocycles. The van der Waals surface area contributed by atoms with Crippen molar-refractivity contribution >= 4 is 35.1 Å². The number of nitrogens with one attached hydrogen (secondary N) is 1. The molecule has 1 fully saturated rings. The fourth-order valence-corrected chi connectivity index (χ4v) is 4.68. The molecule has 1 aromatic heterocycles. The van der Waals surface area contributed by atoms with Gasteiger partial charge in [0.2, 0.25) is 5.91 Å². The Labute approximate surface area is 194 Å². The molecule has 2 aliphatic heterocycles. The van der Waals surface area contributed by atoms with Gasteiger partial charge in [-0.3, -0.25) is 10.1 Å². The molecule has 3 heterocycles. The van der Waals surface area contributed by atoms with Gasteiger partial charge in [0.15, 0.2) is 11.4 Å². The highest BCUT2D eigenvalue weighted by molar-refractivity contribution is 6.31. The maximum Gasteiger partial charge on any atom is 0.412 e. The van der Waals surface area contributed by atoms with Crippen LogP contribution < -0.4 is 11.1 Å². The standard InChI is InChI=1S/C23H21ClFN5O3/c1-13-4-2-3-5-14(13)17-10-18(26)30(28-17)11-19(31)29-9-8-23(12-29)20-16(27-22(32)33-23)7-6-15(24)21(20)25/h2-7,10H,8-9,11-12,26H2,1H3,(H,27,32)/t23-/m0/s1. The van der Waals surface area contributed by atoms with Gasteiger partial charge in [0.25, 0.3) is 0 Å². The van der Waals surface area contributed by atoms with E-state index in [1.54, 1.807) is 6.07 Å². The van der Waals surface area contributed by atoms with E-state index in [0.717, 1.165) is 11.1 Å². The number of hydrogen-bond acceptors (Lipinski definition) is 5. The average molecular weight is 470 g/mol. The van der Waals surface area contributed by atoms with E-state index in [-0.39, 0.29) is 42.5 Å². The molecule has 1 saturated heterocycles. The van der Waals surface area contributed by atoms with Gasteiger partial charge in [0.05, 0.1) is 28.5 Å². The Morgan fingerprint density at radius 3 is 2.91 bits per heavy atom. The summed E-state index contributed by atoms with van der Waals surface area (Å²) in [5.41, 5.74) is 7.92. The molecular formula is C23H21ClFN5O3. The third-order valence-corrected chi connectivity index (χ3v) is 6.47. The molecule has 0 bridgehead atoms. The SMILES string of the molecule is Cc1ccccc1-c1cc(N)n(CC(=O)N2CC[C@@]3(C2)OC(=O)Nc2ccc(Cl)c(F)c23)n1. The minimum atomic E-state index is -1.30. The second-order valence-corrected chi connectivity index (χ2v) is 8.69. The van der Waals surface area contributed by atoms with E-state index in [4.69, 9.17) is 22.1 Å². The van der Waals surface area contributed by atoms with Gasteiger partial charge in [-0.05, 0) is 24.6 Å². The maximum absolute atomic E-state index is 14.9. The van der Waals surface area contributed by atoms with Crippen LogP contribution in [0.25, 0.3) is 11.3 Å². The number of likely N-dealkylation sites (tertiary alicyclic amines) is 1. The third-order valence-electron chi connectivity index (χ3n) is 6.18. The number of anilines is 2. The van der Waals surface area contributed by atoms with E-state index in [0.29, 0.717) is 17.2 Å². The summed E-state index contributed by atoms with van der Waals surface area (Å²) in [7, 11) is 0. The van der Waals surface area contributed by atoms with Crippen LogP contribution in [0.2, 0.25) is 5.02 Å². The highest BCUT2D eigenvalue weighted by Crippen LogP contribution is 2.45. The van der Waals surface area contributed by atoms with Gasteiger partial charge in [0, 0.05) is 24.6 Å². The monoisotopic (exact) mass is 469 g/mol. The second-order valence-electron chi connectivity index (χ2n) is 8.29. The molecule has 3 N–H and O–H groups in total. The van der Waals surface area contributed by atoms with Crippen LogP contribution >= 0.6 is 11.6 Å². The number of rotatable bonds is 3. The fourth-order valence-electron chi connectivity index (χ4n) is 4.52. The van der Waals surface area contributed by atoms with Crippen molar-refractivity contribution in [3.8, 4) is 11.3 Å². The Morgan fingerprint density at radius 2 is 2.12 bits per heavy atom. The first kappa shape index (κ1) is 21.3. The smallest absolute Gasteiger partial charge is 0.412 e. The summed E-state index contributed by atoms with van der Waals surface area (Å²) in [5.74, 6) is -0.578. The van der Waals surface area contributed by atoms with Crippen LogP contribution in [0, 0.1) is 12.7 Å². The lowest BCUT2D eigenvalue weighted by molar-refractivity contribution is -0.132. The maximum atomic E-state index is 14.9. The molecule has 170 valence electrons. The normalized spacial score (nSPS) is 19.4. The van der Waals surface area contributed by atoms with Crippen LogP contribution in [0.3, 0.4) is 0 Å². The zero-order valence-corrected chi connectivity index (χ0v) is 18.5. The molecule has 3 aromatic rings. The zero-order chi connectivity index (χ0) is 23.3. The van der Waals surface area contributed by atoms with Crippen LogP contribution in [-0.2, 0) is 21.7 Å². The van der Waals surface area contributed by atoms with Crippen molar-refractivity contribution in [2.75, 3.05) is 24.1 Å². The van der Waals surface area contributed by atoms with Gasteiger partial charge >= 0.3 is 6.09 Å². The summed E-state index contributed by atoms with van der Waals surface area (Å²) < 4.78 is 21.9. The third kappa shape index (κ3) is 3.58. The van der Waals surface area contributed by atoms with Crippen molar-refractivity contribution in [1.29, 1.82) is 0 Å². The molecule has 0 saturated carbocycles. The predicted octanol–water partition coefficient (Wildman–Crippen LogP) is 3.92. The van der Waals surface area contributed by atoms with Crippen LogP contribution in [0.15, 0.2) is 42.5 Å². The molecule has 10 heteroatoms. The molecule has 2 aliphatic rings. The highest BCUT2D eigenvalue weighted by atomic mass is 35.5. The Kier molecular flexibility index (Phi) is 5.01. The van der Waals surface area contributed by atoms with Gasteiger partial charge in [-0.1, -0.05) is 35.9 Å². The zero-order valence-electron chi connectivity index (χ0n) is 17.8. The van der Waals surface area contributed by atoms with Crippen LogP contribution in [-0.4, -0.2) is 39.8 Å². The molecule has 0 radical (unpaired) electrons. The summed E-state index contributed by atoms with van der Waals surface area (Å²) in [4.78, 5) is 26.7. The van der Waals surface area contributed by atoms with Crippen molar-refractivity contribution < 1.29 is 18.7 Å². The van der Waals surface area contributed by atoms with Gasteiger partial charge in [-0.25, -0.2) is 13.9 Å². The Balaban J connectivity index is 1.39. The quantitative estimate of drug-likeness (QED) is 0.605. The molecule has 33 heavy (non-hydrogen) atoms. The number of nitrogens with two attached hydrogens (primary N) is 1. The number of hydrogen-bond donors (Lipinski definition) is 2. The Morgan fingerprint density at radius 1 is 1.33 bits per heavy atom. The first-order chi connectivity index (χ1) is 15.8. The number of nitrogens with zero attached hydrogens (tertiary/aromatic N) is 3. The van der Waals surface area contributed by atoms with Crippen LogP contribution in [0.4, 0.5) is 20.7 Å². The van der Waals surface area contributed by atoms with Gasteiger partial charge in [0.1, 0.15) is 12.4 Å². The predicted molar refractivity (Wildman–Crippen MR) is 121 cm³/mol. The number of benzene rings is 2. The first-order valence-corrected chi connectivity index (χ1v) is 10.8. The van der Waals surface area contributed by atoms with Gasteiger partial charge < -0.3 is 15.4 Å². The molecule has 5 rings (SSSR count). The number of fused-ring (bicyclic) bond motifs is 2. The van der Waals surface area contributed by atoms with Crippen molar-refractivity contribution in [3.05, 3.63) is 64.4 Å². The molecule has 0 aliphatic carbocycles. The topological polar surface area (TPSA) is 102 Å². The van der Waals surface area contributed by atoms with Crippen LogP contribution in [0.5, 0.6) is 0 Å². The number of nitrogen functional groups attached to an aromatic ring is 1. The highest BCUT2D eigenvalue weighted by Gasteiger charge is 2.50. The van der Waals surface area contributed by atoms with Gasteiger partial charge in [-0.2, -0.15) is 5.10 Å². The molecule has 8 nitrogen and oxygen atoms in total. The average Bonchev–Trinajstić information content (AvgIpc) is 3.35. The summed E-state index contributed by atoms with van der Waals surface area (Å²) in [6.07, 6.45) is -0.447. The van der Waals surface area contributed by atoms with Gasteiger partial charge in [-0.15, -0.1) is 0 Å². The van der Waals surface area contributed by atoms with E-state index in [1.807, 2.05) is 31.2 Å². The lowest BCUT2D eigenvalue weighted by Gasteiger charge is -2.35. The molecule has 1 spiro atoms. The van der Waals surface area contributed by atoms with E-state index >= 15 is 0 Å². The van der Waals surface area contributed by atoms with Crippen molar-refractivity contribution in [2.45, 2.75) is 25.5 Å². The Bertz CT molecular complexity index is 1290. The molecular weight excluding hydrogens is 449 g/mol. The van der Waals surface area contributed by atoms with Crippen molar-refractivity contribution in [1.82, 2.24) is 14.7 Å². The number of carbonyl (C=O) groups is 2. The molecule has 0 unspecified atom stereocenters. The fraction of sp³-hybridized carbons (Fsp3) is 0.261. The number of carbonyl (C=O) groups excluding carboxylic acids is 2. The van der Waals surface area contributed by atoms with E-state index in [9.17, 15) is 14.0 Å². The van der Waals surface area contributed by atoms with E-state index in [1.165, 1.54) is 21.7 Å². The summed E-state index contributed by atoms with van der Waals surface area (Å²) in [6, 6.07) is 12.4. The number of halogens is 2. The number of ether oxygens (including phenoxy) is 1. The molecule has 2 amide bonds. The van der Waals surface area contributed by atoms with E-state index in [2.05, 4.69) is 10.4 Å². The minimum Gasteiger partial charge on any atom is -0.436 e.